The highest BCUT2D eigenvalue weighted by Gasteiger charge is 2.32. The Kier molecular flexibility index (Phi) is 9.84. The monoisotopic (exact) mass is 417 g/mol. The van der Waals surface area contributed by atoms with Crippen LogP contribution in [0.25, 0.3) is 0 Å². The molecular formula is C24H35NO5. The Labute approximate surface area is 179 Å². The lowest BCUT2D eigenvalue weighted by atomic mass is 9.80. The van der Waals surface area contributed by atoms with Crippen molar-refractivity contribution in [1.29, 1.82) is 0 Å². The topological polar surface area (TPSA) is 81.7 Å². The smallest absolute Gasteiger partial charge is 0.408 e. The molecule has 6 nitrogen and oxygen atoms in total. The first kappa shape index (κ1) is 23.9. The van der Waals surface area contributed by atoms with E-state index in [0.717, 1.165) is 18.4 Å². The summed E-state index contributed by atoms with van der Waals surface area (Å²) in [6.07, 6.45) is 5.90. The first-order valence-electron chi connectivity index (χ1n) is 11.0. The fourth-order valence-electron chi connectivity index (χ4n) is 4.14. The lowest BCUT2D eigenvalue weighted by Gasteiger charge is -2.27. The zero-order chi connectivity index (χ0) is 21.9. The molecule has 0 radical (unpaired) electrons. The lowest BCUT2D eigenvalue weighted by Crippen LogP contribution is -2.45. The van der Waals surface area contributed by atoms with Crippen LogP contribution in [0.2, 0.25) is 0 Å². The minimum atomic E-state index is -0.702. The maximum atomic E-state index is 13.0. The number of esters is 1. The van der Waals surface area contributed by atoms with Crippen LogP contribution in [0.15, 0.2) is 30.3 Å². The van der Waals surface area contributed by atoms with Crippen LogP contribution in [0.4, 0.5) is 4.79 Å². The molecule has 1 amide bonds. The lowest BCUT2D eigenvalue weighted by molar-refractivity contribution is -0.148. The molecular weight excluding hydrogens is 382 g/mol. The summed E-state index contributed by atoms with van der Waals surface area (Å²) in [6, 6.07) is 8.66. The quantitative estimate of drug-likeness (QED) is 0.560. The Morgan fingerprint density at radius 1 is 1.07 bits per heavy atom. The number of amides is 1. The molecule has 1 saturated carbocycles. The molecule has 1 N–H and O–H groups in total. The van der Waals surface area contributed by atoms with E-state index in [0.29, 0.717) is 12.3 Å². The van der Waals surface area contributed by atoms with Crippen molar-refractivity contribution >= 4 is 17.8 Å². The van der Waals surface area contributed by atoms with Crippen LogP contribution in [0.1, 0.15) is 64.4 Å². The van der Waals surface area contributed by atoms with Gasteiger partial charge in [-0.1, -0.05) is 76.3 Å². The molecule has 30 heavy (non-hydrogen) atoms. The molecule has 6 heteroatoms. The van der Waals surface area contributed by atoms with E-state index in [1.165, 1.54) is 26.4 Å². The van der Waals surface area contributed by atoms with Gasteiger partial charge in [-0.05, 0) is 23.8 Å². The number of ketones is 1. The number of methoxy groups -OCH3 is 1. The van der Waals surface area contributed by atoms with Crippen molar-refractivity contribution in [1.82, 2.24) is 5.32 Å². The van der Waals surface area contributed by atoms with E-state index in [-0.39, 0.29) is 30.7 Å². The second-order valence-electron chi connectivity index (χ2n) is 8.56. The third-order valence-corrected chi connectivity index (χ3v) is 5.82. The number of nitrogens with one attached hydrogen (secondary N) is 1. The molecule has 1 aliphatic carbocycles. The van der Waals surface area contributed by atoms with Crippen LogP contribution in [0.5, 0.6) is 0 Å². The number of hydrogen-bond donors (Lipinski definition) is 1. The molecule has 2 rings (SSSR count). The van der Waals surface area contributed by atoms with Crippen molar-refractivity contribution in [2.24, 2.45) is 17.8 Å². The highest BCUT2D eigenvalue weighted by atomic mass is 16.5. The van der Waals surface area contributed by atoms with E-state index >= 15 is 0 Å². The SMILES string of the molecule is COC(=O)[C@@H](CC(=O)[C@@H](NC(=O)OCc1ccccc1)C(C)C)CC1CCCCC1. The highest BCUT2D eigenvalue weighted by Crippen LogP contribution is 2.31. The summed E-state index contributed by atoms with van der Waals surface area (Å²) in [6.45, 7) is 3.88. The van der Waals surface area contributed by atoms with Gasteiger partial charge in [0.05, 0.1) is 19.1 Å². The average Bonchev–Trinajstić information content (AvgIpc) is 2.76. The molecule has 0 bridgehead atoms. The molecule has 0 aliphatic heterocycles. The van der Waals surface area contributed by atoms with E-state index in [4.69, 9.17) is 9.47 Å². The summed E-state index contributed by atoms with van der Waals surface area (Å²) in [4.78, 5) is 37.5. The first-order valence-corrected chi connectivity index (χ1v) is 11.0. The fourth-order valence-corrected chi connectivity index (χ4v) is 4.14. The van der Waals surface area contributed by atoms with Crippen molar-refractivity contribution in [3.8, 4) is 0 Å². The number of ether oxygens (including phenoxy) is 2. The molecule has 0 saturated heterocycles. The van der Waals surface area contributed by atoms with Gasteiger partial charge in [0.1, 0.15) is 6.61 Å². The van der Waals surface area contributed by atoms with Crippen LogP contribution in [-0.4, -0.2) is 31.0 Å². The molecule has 1 aromatic carbocycles. The summed E-state index contributed by atoms with van der Waals surface area (Å²) >= 11 is 0. The Bertz CT molecular complexity index is 682. The van der Waals surface area contributed by atoms with Gasteiger partial charge in [-0.3, -0.25) is 9.59 Å². The molecule has 0 spiro atoms. The summed E-state index contributed by atoms with van der Waals surface area (Å²) < 4.78 is 10.2. The largest absolute Gasteiger partial charge is 0.469 e. The molecule has 0 aromatic heterocycles. The first-order chi connectivity index (χ1) is 14.4. The van der Waals surface area contributed by atoms with Gasteiger partial charge in [0.15, 0.2) is 5.78 Å². The average molecular weight is 418 g/mol. The summed E-state index contributed by atoms with van der Waals surface area (Å²) in [5.74, 6) is -0.628. The van der Waals surface area contributed by atoms with Gasteiger partial charge in [-0.15, -0.1) is 0 Å². The molecule has 166 valence electrons. The van der Waals surface area contributed by atoms with E-state index in [9.17, 15) is 14.4 Å². The number of alkyl carbamates (subject to hydrolysis) is 1. The summed E-state index contributed by atoms with van der Waals surface area (Å²) in [5, 5.41) is 2.69. The Hall–Kier alpha value is -2.37. The normalized spacial score (nSPS) is 16.5. The van der Waals surface area contributed by atoms with Gasteiger partial charge >= 0.3 is 12.1 Å². The molecule has 1 aromatic rings. The van der Waals surface area contributed by atoms with E-state index < -0.39 is 18.1 Å². The Morgan fingerprint density at radius 2 is 1.73 bits per heavy atom. The molecule has 1 aliphatic rings. The number of carbonyl (C=O) groups excluding carboxylic acids is 3. The second kappa shape index (κ2) is 12.4. The van der Waals surface area contributed by atoms with Crippen molar-refractivity contribution in [2.45, 2.75) is 71.4 Å². The van der Waals surface area contributed by atoms with Gasteiger partial charge in [-0.2, -0.15) is 0 Å². The Morgan fingerprint density at radius 3 is 2.33 bits per heavy atom. The van der Waals surface area contributed by atoms with E-state index in [1.54, 1.807) is 0 Å². The van der Waals surface area contributed by atoms with Gasteiger partial charge < -0.3 is 14.8 Å². The fraction of sp³-hybridized carbons (Fsp3) is 0.625. The van der Waals surface area contributed by atoms with Crippen molar-refractivity contribution in [3.63, 3.8) is 0 Å². The number of carbonyl (C=O) groups is 3. The van der Waals surface area contributed by atoms with Crippen LogP contribution >= 0.6 is 0 Å². The van der Waals surface area contributed by atoms with Gasteiger partial charge in [-0.25, -0.2) is 4.79 Å². The van der Waals surface area contributed by atoms with Crippen molar-refractivity contribution in [3.05, 3.63) is 35.9 Å². The zero-order valence-electron chi connectivity index (χ0n) is 18.4. The molecule has 2 atom stereocenters. The van der Waals surface area contributed by atoms with Crippen LogP contribution in [-0.2, 0) is 25.7 Å². The maximum Gasteiger partial charge on any atom is 0.408 e. The van der Waals surface area contributed by atoms with E-state index in [2.05, 4.69) is 5.32 Å². The van der Waals surface area contributed by atoms with Gasteiger partial charge in [0, 0.05) is 6.42 Å². The Balaban J connectivity index is 1.93. The van der Waals surface area contributed by atoms with Crippen molar-refractivity contribution < 1.29 is 23.9 Å². The number of Topliss-reactive ketones (excluding diaryl/α,β-unsaturated/α-hetero) is 1. The predicted octanol–water partition coefficient (Wildman–Crippen LogP) is 4.66. The molecule has 0 unspecified atom stereocenters. The predicted molar refractivity (Wildman–Crippen MR) is 115 cm³/mol. The van der Waals surface area contributed by atoms with Gasteiger partial charge in [0.25, 0.3) is 0 Å². The number of benzene rings is 1. The number of rotatable bonds is 10. The number of hydrogen-bond acceptors (Lipinski definition) is 5. The zero-order valence-corrected chi connectivity index (χ0v) is 18.4. The molecule has 1 fully saturated rings. The summed E-state index contributed by atoms with van der Waals surface area (Å²) in [7, 11) is 1.36. The summed E-state index contributed by atoms with van der Waals surface area (Å²) in [5.41, 5.74) is 0.873. The third kappa shape index (κ3) is 7.81. The van der Waals surface area contributed by atoms with Crippen LogP contribution in [0.3, 0.4) is 0 Å². The highest BCUT2D eigenvalue weighted by molar-refractivity contribution is 5.90. The maximum absolute atomic E-state index is 13.0. The molecule has 0 heterocycles. The van der Waals surface area contributed by atoms with Crippen LogP contribution < -0.4 is 5.32 Å². The van der Waals surface area contributed by atoms with E-state index in [1.807, 2.05) is 44.2 Å². The second-order valence-corrected chi connectivity index (χ2v) is 8.56. The minimum absolute atomic E-state index is 0.0744. The van der Waals surface area contributed by atoms with Crippen LogP contribution in [0, 0.1) is 17.8 Å². The third-order valence-electron chi connectivity index (χ3n) is 5.82. The minimum Gasteiger partial charge on any atom is -0.469 e. The standard InChI is InChI=1S/C24H35NO5/c1-17(2)22(25-24(28)30-16-19-12-8-5-9-13-19)21(26)15-20(23(27)29-3)14-18-10-6-4-7-11-18/h5,8-9,12-13,17-18,20,22H,4,6-7,10-11,14-16H2,1-3H3,(H,25,28)/t20-,22+/m1/s1. The van der Waals surface area contributed by atoms with Crippen molar-refractivity contribution in [2.75, 3.05) is 7.11 Å². The van der Waals surface area contributed by atoms with Gasteiger partial charge in [0.2, 0.25) is 0 Å².